The first kappa shape index (κ1) is 14.3. The summed E-state index contributed by atoms with van der Waals surface area (Å²) in [6.45, 7) is 2.04. The minimum Gasteiger partial charge on any atom is -0.312 e. The van der Waals surface area contributed by atoms with Crippen molar-refractivity contribution in [3.63, 3.8) is 0 Å². The lowest BCUT2D eigenvalue weighted by atomic mass is 10.1. The molecule has 5 heteroatoms. The standard InChI is InChI=1S/C15H20BrN3S/c1-9-15(16)12(19(3)18-9)8-11(17-2)14-7-10-5-4-6-13(10)20-14/h7,11,17H,4-6,8H2,1-3H3. The molecule has 1 aliphatic carbocycles. The zero-order valence-electron chi connectivity index (χ0n) is 12.2. The Kier molecular flexibility index (Phi) is 4.02. The van der Waals surface area contributed by atoms with E-state index in [0.717, 1.165) is 16.6 Å². The second-order valence-corrected chi connectivity index (χ2v) is 7.43. The quantitative estimate of drug-likeness (QED) is 0.910. The number of aryl methyl sites for hydroxylation is 4. The summed E-state index contributed by atoms with van der Waals surface area (Å²) in [4.78, 5) is 3.06. The Hall–Kier alpha value is -0.650. The molecular weight excluding hydrogens is 334 g/mol. The van der Waals surface area contributed by atoms with Crippen LogP contribution in [0.15, 0.2) is 10.5 Å². The fraction of sp³-hybridized carbons (Fsp3) is 0.533. The van der Waals surface area contributed by atoms with Gasteiger partial charge in [-0.15, -0.1) is 11.3 Å². The van der Waals surface area contributed by atoms with E-state index in [9.17, 15) is 0 Å². The van der Waals surface area contributed by atoms with Crippen molar-refractivity contribution in [2.24, 2.45) is 7.05 Å². The highest BCUT2D eigenvalue weighted by atomic mass is 79.9. The normalized spacial score (nSPS) is 15.6. The molecule has 0 amide bonds. The molecule has 0 saturated carbocycles. The molecule has 0 bridgehead atoms. The highest BCUT2D eigenvalue weighted by molar-refractivity contribution is 9.10. The molecule has 1 atom stereocenters. The van der Waals surface area contributed by atoms with Gasteiger partial charge in [0.2, 0.25) is 0 Å². The number of fused-ring (bicyclic) bond motifs is 1. The molecule has 2 aromatic rings. The van der Waals surface area contributed by atoms with Crippen molar-refractivity contribution in [3.8, 4) is 0 Å². The van der Waals surface area contributed by atoms with Crippen molar-refractivity contribution in [2.75, 3.05) is 7.05 Å². The van der Waals surface area contributed by atoms with Crippen LogP contribution in [0.3, 0.4) is 0 Å². The van der Waals surface area contributed by atoms with Crippen molar-refractivity contribution in [1.29, 1.82) is 0 Å². The molecule has 20 heavy (non-hydrogen) atoms. The van der Waals surface area contributed by atoms with E-state index in [1.807, 2.05) is 37.0 Å². The molecule has 2 heterocycles. The minimum absolute atomic E-state index is 0.372. The van der Waals surface area contributed by atoms with E-state index in [4.69, 9.17) is 0 Å². The van der Waals surface area contributed by atoms with E-state index < -0.39 is 0 Å². The van der Waals surface area contributed by atoms with Crippen molar-refractivity contribution >= 4 is 27.3 Å². The lowest BCUT2D eigenvalue weighted by Gasteiger charge is -2.15. The number of likely N-dealkylation sites (N-methyl/N-ethyl adjacent to an activating group) is 1. The molecular formula is C15H20BrN3S. The molecule has 1 unspecified atom stereocenters. The number of halogens is 1. The lowest BCUT2D eigenvalue weighted by Crippen LogP contribution is -2.19. The number of nitrogens with one attached hydrogen (secondary N) is 1. The summed E-state index contributed by atoms with van der Waals surface area (Å²) in [6.07, 6.45) is 4.83. The third-order valence-corrected chi connectivity index (χ3v) is 6.50. The van der Waals surface area contributed by atoms with Gasteiger partial charge in [-0.05, 0) is 60.8 Å². The third kappa shape index (κ3) is 2.47. The van der Waals surface area contributed by atoms with Gasteiger partial charge in [0.25, 0.3) is 0 Å². The van der Waals surface area contributed by atoms with Crippen molar-refractivity contribution in [3.05, 3.63) is 37.2 Å². The van der Waals surface area contributed by atoms with Crippen molar-refractivity contribution in [1.82, 2.24) is 15.1 Å². The SMILES string of the molecule is CNC(Cc1c(Br)c(C)nn1C)c1cc2c(s1)CCC2. The van der Waals surface area contributed by atoms with E-state index in [2.05, 4.69) is 32.4 Å². The van der Waals surface area contributed by atoms with Gasteiger partial charge in [0, 0.05) is 29.3 Å². The van der Waals surface area contributed by atoms with E-state index in [-0.39, 0.29) is 0 Å². The Morgan fingerprint density at radius 2 is 2.30 bits per heavy atom. The van der Waals surface area contributed by atoms with Gasteiger partial charge in [0.15, 0.2) is 0 Å². The maximum atomic E-state index is 4.49. The van der Waals surface area contributed by atoms with Crippen LogP contribution in [0.2, 0.25) is 0 Å². The van der Waals surface area contributed by atoms with Crippen LogP contribution in [0.4, 0.5) is 0 Å². The van der Waals surface area contributed by atoms with Crippen LogP contribution in [-0.2, 0) is 26.3 Å². The molecule has 108 valence electrons. The average Bonchev–Trinajstić information content (AvgIpc) is 3.04. The van der Waals surface area contributed by atoms with Gasteiger partial charge in [-0.25, -0.2) is 0 Å². The van der Waals surface area contributed by atoms with Gasteiger partial charge in [0.1, 0.15) is 0 Å². The van der Waals surface area contributed by atoms with Gasteiger partial charge in [-0.2, -0.15) is 5.10 Å². The predicted octanol–water partition coefficient (Wildman–Crippen LogP) is 3.54. The monoisotopic (exact) mass is 353 g/mol. The van der Waals surface area contributed by atoms with E-state index in [0.29, 0.717) is 6.04 Å². The van der Waals surface area contributed by atoms with Crippen LogP contribution < -0.4 is 5.32 Å². The number of thiophene rings is 1. The van der Waals surface area contributed by atoms with E-state index in [1.165, 1.54) is 29.8 Å². The average molecular weight is 354 g/mol. The predicted molar refractivity (Wildman–Crippen MR) is 87.5 cm³/mol. The maximum absolute atomic E-state index is 4.49. The molecule has 1 N–H and O–H groups in total. The van der Waals surface area contributed by atoms with E-state index >= 15 is 0 Å². The lowest BCUT2D eigenvalue weighted by molar-refractivity contribution is 0.567. The fourth-order valence-electron chi connectivity index (χ4n) is 2.96. The van der Waals surface area contributed by atoms with Crippen LogP contribution in [-0.4, -0.2) is 16.8 Å². The first-order valence-corrected chi connectivity index (χ1v) is 8.67. The molecule has 3 rings (SSSR count). The molecule has 0 saturated heterocycles. The molecule has 0 spiro atoms. The summed E-state index contributed by atoms with van der Waals surface area (Å²) in [5, 5.41) is 7.95. The van der Waals surface area contributed by atoms with Crippen LogP contribution in [0.25, 0.3) is 0 Å². The number of hydrogen-bond donors (Lipinski definition) is 1. The Balaban J connectivity index is 1.86. The van der Waals surface area contributed by atoms with Gasteiger partial charge in [0.05, 0.1) is 15.9 Å². The summed E-state index contributed by atoms with van der Waals surface area (Å²) in [5.74, 6) is 0. The van der Waals surface area contributed by atoms with Gasteiger partial charge in [-0.1, -0.05) is 0 Å². The van der Waals surface area contributed by atoms with Gasteiger partial charge >= 0.3 is 0 Å². The van der Waals surface area contributed by atoms with Crippen LogP contribution >= 0.6 is 27.3 Å². The fourth-order valence-corrected chi connectivity index (χ4v) is 4.83. The zero-order chi connectivity index (χ0) is 14.3. The largest absolute Gasteiger partial charge is 0.312 e. The Bertz CT molecular complexity index is 608. The number of aromatic nitrogens is 2. The minimum atomic E-state index is 0.372. The second kappa shape index (κ2) is 5.62. The maximum Gasteiger partial charge on any atom is 0.0738 e. The molecule has 3 nitrogen and oxygen atoms in total. The molecule has 0 radical (unpaired) electrons. The highest BCUT2D eigenvalue weighted by Gasteiger charge is 2.22. The zero-order valence-corrected chi connectivity index (χ0v) is 14.6. The first-order valence-electron chi connectivity index (χ1n) is 7.07. The van der Waals surface area contributed by atoms with Gasteiger partial charge in [-0.3, -0.25) is 4.68 Å². The number of nitrogens with zero attached hydrogens (tertiary/aromatic N) is 2. The first-order chi connectivity index (χ1) is 9.60. The van der Waals surface area contributed by atoms with Crippen LogP contribution in [0, 0.1) is 6.92 Å². The Morgan fingerprint density at radius 1 is 1.50 bits per heavy atom. The summed E-state index contributed by atoms with van der Waals surface area (Å²) < 4.78 is 3.13. The van der Waals surface area contributed by atoms with Crippen LogP contribution in [0.1, 0.15) is 39.2 Å². The number of hydrogen-bond acceptors (Lipinski definition) is 3. The molecule has 2 aromatic heterocycles. The highest BCUT2D eigenvalue weighted by Crippen LogP contribution is 2.35. The van der Waals surface area contributed by atoms with E-state index in [1.54, 1.807) is 10.4 Å². The van der Waals surface area contributed by atoms with Crippen molar-refractivity contribution < 1.29 is 0 Å². The Morgan fingerprint density at radius 3 is 2.90 bits per heavy atom. The topological polar surface area (TPSA) is 29.9 Å². The molecule has 0 aliphatic heterocycles. The molecule has 0 aromatic carbocycles. The molecule has 1 aliphatic rings. The third-order valence-electron chi connectivity index (χ3n) is 4.12. The smallest absolute Gasteiger partial charge is 0.0738 e. The van der Waals surface area contributed by atoms with Crippen LogP contribution in [0.5, 0.6) is 0 Å². The molecule has 0 fully saturated rings. The van der Waals surface area contributed by atoms with Gasteiger partial charge < -0.3 is 5.32 Å². The van der Waals surface area contributed by atoms with Crippen molar-refractivity contribution in [2.45, 2.75) is 38.6 Å². The second-order valence-electron chi connectivity index (χ2n) is 5.47. The summed E-state index contributed by atoms with van der Waals surface area (Å²) in [7, 11) is 4.07. The Labute approximate surface area is 132 Å². The number of rotatable bonds is 4. The summed E-state index contributed by atoms with van der Waals surface area (Å²) >= 11 is 5.65. The summed E-state index contributed by atoms with van der Waals surface area (Å²) in [6, 6.07) is 2.78. The summed E-state index contributed by atoms with van der Waals surface area (Å²) in [5.41, 5.74) is 3.90.